The van der Waals surface area contributed by atoms with Crippen molar-refractivity contribution in [2.75, 3.05) is 36.5 Å². The Labute approximate surface area is 152 Å². The van der Waals surface area contributed by atoms with Crippen LogP contribution in [0.2, 0.25) is 0 Å². The third kappa shape index (κ3) is 4.39. The summed E-state index contributed by atoms with van der Waals surface area (Å²) in [5.74, 6) is 0.754. The first-order chi connectivity index (χ1) is 12.4. The number of nitrogens with zero attached hydrogens (tertiary/aromatic N) is 3. The van der Waals surface area contributed by atoms with Crippen LogP contribution >= 0.6 is 0 Å². The molecule has 8 nitrogen and oxygen atoms in total. The van der Waals surface area contributed by atoms with Gasteiger partial charge in [-0.3, -0.25) is 5.32 Å². The van der Waals surface area contributed by atoms with Gasteiger partial charge in [0, 0.05) is 24.2 Å². The Balaban J connectivity index is 1.87. The minimum absolute atomic E-state index is 0.0367. The molecule has 2 aromatic rings. The van der Waals surface area contributed by atoms with Gasteiger partial charge in [-0.2, -0.15) is 0 Å². The van der Waals surface area contributed by atoms with Gasteiger partial charge in [0.2, 0.25) is 0 Å². The number of aliphatic hydroxyl groups is 1. The zero-order valence-electron chi connectivity index (χ0n) is 15.2. The molecule has 1 aliphatic rings. The molecule has 0 bridgehead atoms. The third-order valence-corrected chi connectivity index (χ3v) is 3.90. The molecule has 3 rings (SSSR count). The smallest absolute Gasteiger partial charge is 0.412 e. The molecule has 1 aromatic heterocycles. The SMILES string of the molecule is CC(C)(C)OC(=O)Nc1ccc2ncnc(N3CCOC(CO)C3)c2c1. The molecule has 140 valence electrons. The van der Waals surface area contributed by atoms with E-state index in [2.05, 4.69) is 20.2 Å². The summed E-state index contributed by atoms with van der Waals surface area (Å²) in [7, 11) is 0. The van der Waals surface area contributed by atoms with Crippen LogP contribution < -0.4 is 10.2 Å². The summed E-state index contributed by atoms with van der Waals surface area (Å²) in [5.41, 5.74) is 0.814. The summed E-state index contributed by atoms with van der Waals surface area (Å²) in [6, 6.07) is 5.44. The monoisotopic (exact) mass is 360 g/mol. The van der Waals surface area contributed by atoms with Gasteiger partial charge in [0.05, 0.1) is 24.8 Å². The van der Waals surface area contributed by atoms with Crippen LogP contribution in [-0.4, -0.2) is 59.2 Å². The molecule has 1 unspecified atom stereocenters. The molecule has 1 amide bonds. The topological polar surface area (TPSA) is 96.8 Å². The lowest BCUT2D eigenvalue weighted by molar-refractivity contribution is 0.00343. The number of aromatic nitrogens is 2. The number of carbonyl (C=O) groups is 1. The fourth-order valence-corrected chi connectivity index (χ4v) is 2.82. The number of hydrogen-bond donors (Lipinski definition) is 2. The molecule has 0 spiro atoms. The number of fused-ring (bicyclic) bond motifs is 1. The van der Waals surface area contributed by atoms with E-state index in [0.717, 1.165) is 16.7 Å². The van der Waals surface area contributed by atoms with Gasteiger partial charge in [-0.25, -0.2) is 14.8 Å². The van der Waals surface area contributed by atoms with E-state index in [9.17, 15) is 9.90 Å². The van der Waals surface area contributed by atoms with E-state index in [-0.39, 0.29) is 12.7 Å². The standard InChI is InChI=1S/C18H24N4O4/c1-18(2,3)26-17(24)21-12-4-5-15-14(8-12)16(20-11-19-15)22-6-7-25-13(9-22)10-23/h4-5,8,11,13,23H,6-7,9-10H2,1-3H3,(H,21,24). The summed E-state index contributed by atoms with van der Waals surface area (Å²) in [6.45, 7) is 7.15. The molecule has 1 aliphatic heterocycles. The summed E-state index contributed by atoms with van der Waals surface area (Å²) in [5, 5.41) is 12.9. The Morgan fingerprint density at radius 1 is 1.42 bits per heavy atom. The van der Waals surface area contributed by atoms with Gasteiger partial charge in [-0.1, -0.05) is 0 Å². The number of aliphatic hydroxyl groups excluding tert-OH is 1. The molecule has 1 aromatic carbocycles. The predicted octanol–water partition coefficient (Wildman–Crippen LogP) is 2.17. The lowest BCUT2D eigenvalue weighted by Crippen LogP contribution is -2.44. The van der Waals surface area contributed by atoms with Gasteiger partial charge in [-0.15, -0.1) is 0 Å². The predicted molar refractivity (Wildman–Crippen MR) is 98.4 cm³/mol. The molecule has 0 radical (unpaired) electrons. The molecule has 1 atom stereocenters. The Morgan fingerprint density at radius 2 is 2.23 bits per heavy atom. The number of anilines is 2. The number of hydrogen-bond acceptors (Lipinski definition) is 7. The zero-order valence-corrected chi connectivity index (χ0v) is 15.2. The first kappa shape index (κ1) is 18.3. The number of ether oxygens (including phenoxy) is 2. The fourth-order valence-electron chi connectivity index (χ4n) is 2.82. The van der Waals surface area contributed by atoms with Crippen molar-refractivity contribution in [1.29, 1.82) is 0 Å². The first-order valence-corrected chi connectivity index (χ1v) is 8.58. The summed E-state index contributed by atoms with van der Waals surface area (Å²) in [4.78, 5) is 22.8. The van der Waals surface area contributed by atoms with Gasteiger partial charge in [0.15, 0.2) is 0 Å². The van der Waals surface area contributed by atoms with Crippen molar-refractivity contribution in [2.24, 2.45) is 0 Å². The van der Waals surface area contributed by atoms with Crippen LogP contribution in [0.4, 0.5) is 16.3 Å². The average Bonchev–Trinajstić information content (AvgIpc) is 2.59. The van der Waals surface area contributed by atoms with Crippen LogP contribution in [0, 0.1) is 0 Å². The lowest BCUT2D eigenvalue weighted by Gasteiger charge is -2.33. The van der Waals surface area contributed by atoms with Crippen molar-refractivity contribution < 1.29 is 19.4 Å². The van der Waals surface area contributed by atoms with Crippen molar-refractivity contribution in [2.45, 2.75) is 32.5 Å². The summed E-state index contributed by atoms with van der Waals surface area (Å²) in [6.07, 6.45) is 0.765. The molecule has 2 heterocycles. The van der Waals surface area contributed by atoms with E-state index in [4.69, 9.17) is 9.47 Å². The largest absolute Gasteiger partial charge is 0.444 e. The van der Waals surface area contributed by atoms with Gasteiger partial charge in [-0.05, 0) is 39.0 Å². The average molecular weight is 360 g/mol. The van der Waals surface area contributed by atoms with Crippen molar-refractivity contribution in [3.63, 3.8) is 0 Å². The zero-order chi connectivity index (χ0) is 18.7. The summed E-state index contributed by atoms with van der Waals surface area (Å²) >= 11 is 0. The highest BCUT2D eigenvalue weighted by Gasteiger charge is 2.23. The summed E-state index contributed by atoms with van der Waals surface area (Å²) < 4.78 is 10.8. The molecule has 2 N–H and O–H groups in total. The molecule has 8 heteroatoms. The van der Waals surface area contributed by atoms with E-state index >= 15 is 0 Å². The highest BCUT2D eigenvalue weighted by atomic mass is 16.6. The van der Waals surface area contributed by atoms with Crippen LogP contribution in [-0.2, 0) is 9.47 Å². The maximum absolute atomic E-state index is 12.0. The molecular weight excluding hydrogens is 336 g/mol. The van der Waals surface area contributed by atoms with E-state index in [1.807, 2.05) is 32.9 Å². The van der Waals surface area contributed by atoms with Gasteiger partial charge < -0.3 is 19.5 Å². The second-order valence-corrected chi connectivity index (χ2v) is 7.18. The maximum atomic E-state index is 12.0. The van der Waals surface area contributed by atoms with Crippen LogP contribution in [0.15, 0.2) is 24.5 Å². The van der Waals surface area contributed by atoms with Gasteiger partial charge in [0.25, 0.3) is 0 Å². The number of amides is 1. The highest BCUT2D eigenvalue weighted by Crippen LogP contribution is 2.27. The number of morpholine rings is 1. The molecular formula is C18H24N4O4. The molecule has 26 heavy (non-hydrogen) atoms. The van der Waals surface area contributed by atoms with Gasteiger partial charge >= 0.3 is 6.09 Å². The molecule has 0 aliphatic carbocycles. The second-order valence-electron chi connectivity index (χ2n) is 7.18. The number of benzene rings is 1. The molecule has 1 fully saturated rings. The number of nitrogens with one attached hydrogen (secondary N) is 1. The van der Waals surface area contributed by atoms with Crippen molar-refractivity contribution in [1.82, 2.24) is 9.97 Å². The van der Waals surface area contributed by atoms with Crippen LogP contribution in [0.3, 0.4) is 0 Å². The number of carbonyl (C=O) groups excluding carboxylic acids is 1. The Bertz CT molecular complexity index is 790. The van der Waals surface area contributed by atoms with Crippen molar-refractivity contribution in [3.8, 4) is 0 Å². The third-order valence-electron chi connectivity index (χ3n) is 3.90. The normalized spacial score (nSPS) is 18.0. The first-order valence-electron chi connectivity index (χ1n) is 8.58. The minimum atomic E-state index is -0.567. The Hall–Kier alpha value is -2.45. The molecule has 0 saturated carbocycles. The second kappa shape index (κ2) is 7.43. The van der Waals surface area contributed by atoms with E-state index in [0.29, 0.717) is 25.4 Å². The highest BCUT2D eigenvalue weighted by molar-refractivity contribution is 5.95. The van der Waals surface area contributed by atoms with Gasteiger partial charge in [0.1, 0.15) is 17.7 Å². The van der Waals surface area contributed by atoms with Crippen LogP contribution in [0.5, 0.6) is 0 Å². The van der Waals surface area contributed by atoms with Crippen molar-refractivity contribution in [3.05, 3.63) is 24.5 Å². The number of rotatable bonds is 3. The fraction of sp³-hybridized carbons (Fsp3) is 0.500. The quantitative estimate of drug-likeness (QED) is 0.866. The lowest BCUT2D eigenvalue weighted by atomic mass is 10.2. The Kier molecular flexibility index (Phi) is 5.24. The maximum Gasteiger partial charge on any atom is 0.412 e. The van der Waals surface area contributed by atoms with Crippen LogP contribution in [0.25, 0.3) is 10.9 Å². The van der Waals surface area contributed by atoms with Crippen LogP contribution in [0.1, 0.15) is 20.8 Å². The van der Waals surface area contributed by atoms with E-state index < -0.39 is 11.7 Å². The van der Waals surface area contributed by atoms with Crippen molar-refractivity contribution >= 4 is 28.5 Å². The molecule has 1 saturated heterocycles. The van der Waals surface area contributed by atoms with E-state index in [1.54, 1.807) is 6.07 Å². The Morgan fingerprint density at radius 3 is 2.96 bits per heavy atom. The minimum Gasteiger partial charge on any atom is -0.444 e. The van der Waals surface area contributed by atoms with E-state index in [1.165, 1.54) is 6.33 Å².